The molecule has 100 valence electrons. The van der Waals surface area contributed by atoms with Gasteiger partial charge in [-0.1, -0.05) is 6.07 Å². The van der Waals surface area contributed by atoms with Crippen LogP contribution in [0.15, 0.2) is 17.5 Å². The largest absolute Gasteiger partial charge is 0.354 e. The molecular weight excluding hydrogens is 244 g/mol. The molecule has 3 nitrogen and oxygen atoms in total. The van der Waals surface area contributed by atoms with Gasteiger partial charge >= 0.3 is 0 Å². The Morgan fingerprint density at radius 3 is 2.83 bits per heavy atom. The fraction of sp³-hybridized carbons (Fsp3) is 0.643. The van der Waals surface area contributed by atoms with Crippen LogP contribution in [0.5, 0.6) is 0 Å². The molecular formula is C14H22N2OS. The number of amides is 1. The van der Waals surface area contributed by atoms with Gasteiger partial charge in [-0.05, 0) is 44.1 Å². The quantitative estimate of drug-likeness (QED) is 0.796. The van der Waals surface area contributed by atoms with Crippen molar-refractivity contribution in [2.45, 2.75) is 45.2 Å². The van der Waals surface area contributed by atoms with E-state index < -0.39 is 0 Å². The zero-order valence-electron chi connectivity index (χ0n) is 11.1. The molecule has 1 amide bonds. The third kappa shape index (κ3) is 4.10. The number of hydrogen-bond acceptors (Lipinski definition) is 3. The maximum Gasteiger partial charge on any atom is 0.221 e. The summed E-state index contributed by atoms with van der Waals surface area (Å²) in [4.78, 5) is 13.0. The topological polar surface area (TPSA) is 41.1 Å². The first-order chi connectivity index (χ1) is 8.66. The summed E-state index contributed by atoms with van der Waals surface area (Å²) in [6.07, 6.45) is 3.19. The number of nitrogens with one attached hydrogen (secondary N) is 2. The second-order valence-electron chi connectivity index (χ2n) is 5.26. The standard InChI is InChI=1S/C14H22N2OS/c1-10(2)16-13(17)7-8-15-14(11-5-6-11)12-4-3-9-18-12/h3-4,9-11,14-15H,5-8H2,1-2H3,(H,16,17). The van der Waals surface area contributed by atoms with Crippen molar-refractivity contribution in [2.24, 2.45) is 5.92 Å². The van der Waals surface area contributed by atoms with Crippen LogP contribution in [0.4, 0.5) is 0 Å². The van der Waals surface area contributed by atoms with Crippen molar-refractivity contribution in [2.75, 3.05) is 6.54 Å². The highest BCUT2D eigenvalue weighted by molar-refractivity contribution is 7.10. The maximum atomic E-state index is 11.6. The number of rotatable bonds is 7. The van der Waals surface area contributed by atoms with Crippen molar-refractivity contribution in [3.8, 4) is 0 Å². The van der Waals surface area contributed by atoms with Crippen LogP contribution in [0.25, 0.3) is 0 Å². The molecule has 1 aromatic heterocycles. The van der Waals surface area contributed by atoms with Gasteiger partial charge in [-0.25, -0.2) is 0 Å². The molecule has 4 heteroatoms. The van der Waals surface area contributed by atoms with Gasteiger partial charge in [-0.2, -0.15) is 0 Å². The van der Waals surface area contributed by atoms with E-state index >= 15 is 0 Å². The molecule has 2 N–H and O–H groups in total. The van der Waals surface area contributed by atoms with Gasteiger partial charge in [-0.15, -0.1) is 11.3 Å². The molecule has 1 aromatic rings. The Morgan fingerprint density at radius 1 is 1.50 bits per heavy atom. The van der Waals surface area contributed by atoms with E-state index in [0.717, 1.165) is 12.5 Å². The lowest BCUT2D eigenvalue weighted by Crippen LogP contribution is -2.33. The van der Waals surface area contributed by atoms with E-state index in [9.17, 15) is 4.79 Å². The molecule has 0 aromatic carbocycles. The third-order valence-electron chi connectivity index (χ3n) is 3.11. The Balaban J connectivity index is 1.75. The second-order valence-corrected chi connectivity index (χ2v) is 6.24. The summed E-state index contributed by atoms with van der Waals surface area (Å²) < 4.78 is 0. The van der Waals surface area contributed by atoms with E-state index in [1.54, 1.807) is 11.3 Å². The summed E-state index contributed by atoms with van der Waals surface area (Å²) in [6.45, 7) is 4.74. The Morgan fingerprint density at radius 2 is 2.28 bits per heavy atom. The van der Waals surface area contributed by atoms with Gasteiger partial charge in [0.25, 0.3) is 0 Å². The Kier molecular flexibility index (Phi) is 4.78. The van der Waals surface area contributed by atoms with Gasteiger partial charge in [-0.3, -0.25) is 4.79 Å². The first kappa shape index (κ1) is 13.6. The molecule has 1 aliphatic carbocycles. The van der Waals surface area contributed by atoms with Gasteiger partial charge in [0.15, 0.2) is 0 Å². The minimum Gasteiger partial charge on any atom is -0.354 e. The highest BCUT2D eigenvalue weighted by atomic mass is 32.1. The first-order valence-corrected chi connectivity index (χ1v) is 7.61. The van der Waals surface area contributed by atoms with Crippen LogP contribution in [0.2, 0.25) is 0 Å². The maximum absolute atomic E-state index is 11.6. The summed E-state index contributed by atoms with van der Waals surface area (Å²) >= 11 is 1.81. The summed E-state index contributed by atoms with van der Waals surface area (Å²) in [6, 6.07) is 4.98. The molecule has 0 bridgehead atoms. The van der Waals surface area contributed by atoms with Crippen LogP contribution in [0.3, 0.4) is 0 Å². The van der Waals surface area contributed by atoms with E-state index in [1.165, 1.54) is 17.7 Å². The summed E-state index contributed by atoms with van der Waals surface area (Å²) in [5, 5.41) is 8.58. The zero-order valence-corrected chi connectivity index (χ0v) is 11.9. The molecule has 0 saturated heterocycles. The highest BCUT2D eigenvalue weighted by Gasteiger charge is 2.32. The molecule has 1 heterocycles. The number of carbonyl (C=O) groups is 1. The average Bonchev–Trinajstić information content (AvgIpc) is 2.98. The fourth-order valence-electron chi connectivity index (χ4n) is 2.13. The summed E-state index contributed by atoms with van der Waals surface area (Å²) in [7, 11) is 0. The van der Waals surface area contributed by atoms with Crippen LogP contribution in [-0.4, -0.2) is 18.5 Å². The monoisotopic (exact) mass is 266 g/mol. The molecule has 2 rings (SSSR count). The van der Waals surface area contributed by atoms with E-state index in [-0.39, 0.29) is 11.9 Å². The van der Waals surface area contributed by atoms with Crippen LogP contribution >= 0.6 is 11.3 Å². The van der Waals surface area contributed by atoms with Crippen LogP contribution in [0.1, 0.15) is 44.0 Å². The molecule has 1 atom stereocenters. The molecule has 0 aliphatic heterocycles. The van der Waals surface area contributed by atoms with E-state index in [4.69, 9.17) is 0 Å². The Labute approximate surface area is 113 Å². The van der Waals surface area contributed by atoms with Crippen molar-refractivity contribution in [1.29, 1.82) is 0 Å². The number of hydrogen-bond donors (Lipinski definition) is 2. The fourth-order valence-corrected chi connectivity index (χ4v) is 3.03. The minimum absolute atomic E-state index is 0.137. The molecule has 18 heavy (non-hydrogen) atoms. The van der Waals surface area contributed by atoms with Crippen molar-refractivity contribution in [3.63, 3.8) is 0 Å². The predicted octanol–water partition coefficient (Wildman–Crippen LogP) is 2.70. The van der Waals surface area contributed by atoms with Crippen LogP contribution < -0.4 is 10.6 Å². The molecule has 1 fully saturated rings. The number of carbonyl (C=O) groups excluding carboxylic acids is 1. The Hall–Kier alpha value is -0.870. The molecule has 1 aliphatic rings. The highest BCUT2D eigenvalue weighted by Crippen LogP contribution is 2.42. The zero-order chi connectivity index (χ0) is 13.0. The van der Waals surface area contributed by atoms with Crippen molar-refractivity contribution < 1.29 is 4.79 Å². The van der Waals surface area contributed by atoms with Gasteiger partial charge in [0, 0.05) is 29.9 Å². The van der Waals surface area contributed by atoms with Crippen molar-refractivity contribution in [3.05, 3.63) is 22.4 Å². The first-order valence-electron chi connectivity index (χ1n) is 6.73. The number of thiophene rings is 1. The van der Waals surface area contributed by atoms with Crippen LogP contribution in [0, 0.1) is 5.92 Å². The minimum atomic E-state index is 0.137. The smallest absolute Gasteiger partial charge is 0.221 e. The Bertz CT molecular complexity index is 371. The van der Waals surface area contributed by atoms with E-state index in [1.807, 2.05) is 13.8 Å². The van der Waals surface area contributed by atoms with E-state index in [2.05, 4.69) is 28.1 Å². The van der Waals surface area contributed by atoms with Gasteiger partial charge in [0.05, 0.1) is 0 Å². The van der Waals surface area contributed by atoms with Crippen molar-refractivity contribution in [1.82, 2.24) is 10.6 Å². The lowest BCUT2D eigenvalue weighted by molar-refractivity contribution is -0.121. The van der Waals surface area contributed by atoms with E-state index in [0.29, 0.717) is 12.5 Å². The van der Waals surface area contributed by atoms with Gasteiger partial charge in [0.2, 0.25) is 5.91 Å². The summed E-state index contributed by atoms with van der Waals surface area (Å²) in [5.41, 5.74) is 0. The van der Waals surface area contributed by atoms with Gasteiger partial charge in [0.1, 0.15) is 0 Å². The average molecular weight is 266 g/mol. The molecule has 0 spiro atoms. The molecule has 0 radical (unpaired) electrons. The molecule has 1 saturated carbocycles. The predicted molar refractivity (Wildman–Crippen MR) is 75.7 cm³/mol. The second kappa shape index (κ2) is 6.34. The lowest BCUT2D eigenvalue weighted by Gasteiger charge is -2.17. The molecule has 1 unspecified atom stereocenters. The third-order valence-corrected chi connectivity index (χ3v) is 4.06. The summed E-state index contributed by atoms with van der Waals surface area (Å²) in [5.74, 6) is 0.912. The lowest BCUT2D eigenvalue weighted by atomic mass is 10.1. The SMILES string of the molecule is CC(C)NC(=O)CCNC(c1cccs1)C1CC1. The van der Waals surface area contributed by atoms with Crippen molar-refractivity contribution >= 4 is 17.2 Å². The normalized spacial score (nSPS) is 16.8. The van der Waals surface area contributed by atoms with Gasteiger partial charge < -0.3 is 10.6 Å². The van der Waals surface area contributed by atoms with Crippen LogP contribution in [-0.2, 0) is 4.79 Å².